The molecule has 0 saturated carbocycles. The standard InChI is InChI=1S/C18H25N3OS/c1-4-8-20-17(22)15-7-5-6-14(9-15)10-19-11-16-12-23-18(21-16)13(2)3/h5-7,9,12-13,19H,4,8,10-11H2,1-3H3,(H,20,22). The fraction of sp³-hybridized carbons (Fsp3) is 0.444. The molecule has 5 heteroatoms. The molecular weight excluding hydrogens is 306 g/mol. The number of hydrogen-bond acceptors (Lipinski definition) is 4. The first-order chi connectivity index (χ1) is 11.1. The summed E-state index contributed by atoms with van der Waals surface area (Å²) >= 11 is 1.71. The lowest BCUT2D eigenvalue weighted by atomic mass is 10.1. The van der Waals surface area contributed by atoms with Crippen LogP contribution < -0.4 is 10.6 Å². The van der Waals surface area contributed by atoms with Crippen LogP contribution >= 0.6 is 11.3 Å². The Morgan fingerprint density at radius 3 is 2.83 bits per heavy atom. The van der Waals surface area contributed by atoms with Crippen LogP contribution in [0.15, 0.2) is 29.6 Å². The molecule has 23 heavy (non-hydrogen) atoms. The summed E-state index contributed by atoms with van der Waals surface area (Å²) in [6.45, 7) is 8.54. The minimum Gasteiger partial charge on any atom is -0.352 e. The quantitative estimate of drug-likeness (QED) is 0.775. The van der Waals surface area contributed by atoms with E-state index in [-0.39, 0.29) is 5.91 Å². The zero-order valence-corrected chi connectivity index (χ0v) is 14.9. The highest BCUT2D eigenvalue weighted by Crippen LogP contribution is 2.19. The van der Waals surface area contributed by atoms with Crippen molar-refractivity contribution in [1.29, 1.82) is 0 Å². The minimum absolute atomic E-state index is 0.00484. The molecule has 2 rings (SSSR count). The maximum absolute atomic E-state index is 12.0. The Labute approximate surface area is 142 Å². The van der Waals surface area contributed by atoms with Crippen LogP contribution in [0.2, 0.25) is 0 Å². The van der Waals surface area contributed by atoms with E-state index < -0.39 is 0 Å². The summed E-state index contributed by atoms with van der Waals surface area (Å²) in [5.74, 6) is 0.474. The van der Waals surface area contributed by atoms with Gasteiger partial charge < -0.3 is 10.6 Å². The molecule has 1 heterocycles. The molecule has 4 nitrogen and oxygen atoms in total. The molecule has 1 aromatic carbocycles. The normalized spacial score (nSPS) is 11.0. The van der Waals surface area contributed by atoms with E-state index in [1.54, 1.807) is 11.3 Å². The Bertz CT molecular complexity index is 637. The molecule has 124 valence electrons. The zero-order chi connectivity index (χ0) is 16.7. The van der Waals surface area contributed by atoms with Gasteiger partial charge in [-0.05, 0) is 24.1 Å². The smallest absolute Gasteiger partial charge is 0.251 e. The second-order valence-corrected chi connectivity index (χ2v) is 6.78. The largest absolute Gasteiger partial charge is 0.352 e. The number of benzene rings is 1. The second kappa shape index (κ2) is 8.79. The Kier molecular flexibility index (Phi) is 6.74. The van der Waals surface area contributed by atoms with Crippen molar-refractivity contribution in [2.75, 3.05) is 6.54 Å². The third-order valence-corrected chi connectivity index (χ3v) is 4.62. The van der Waals surface area contributed by atoms with Crippen molar-refractivity contribution in [3.63, 3.8) is 0 Å². The number of amides is 1. The van der Waals surface area contributed by atoms with Gasteiger partial charge in [0.1, 0.15) is 0 Å². The van der Waals surface area contributed by atoms with Crippen LogP contribution in [0.5, 0.6) is 0 Å². The minimum atomic E-state index is -0.00484. The van der Waals surface area contributed by atoms with Crippen LogP contribution in [0.4, 0.5) is 0 Å². The van der Waals surface area contributed by atoms with Gasteiger partial charge in [0.25, 0.3) is 5.91 Å². The summed E-state index contributed by atoms with van der Waals surface area (Å²) in [7, 11) is 0. The number of nitrogens with zero attached hydrogens (tertiary/aromatic N) is 1. The van der Waals surface area contributed by atoms with Crippen LogP contribution in [0.3, 0.4) is 0 Å². The van der Waals surface area contributed by atoms with E-state index in [1.807, 2.05) is 31.2 Å². The zero-order valence-electron chi connectivity index (χ0n) is 14.1. The van der Waals surface area contributed by atoms with Gasteiger partial charge >= 0.3 is 0 Å². The van der Waals surface area contributed by atoms with Gasteiger partial charge in [-0.1, -0.05) is 32.9 Å². The first kappa shape index (κ1) is 17.6. The van der Waals surface area contributed by atoms with E-state index in [0.717, 1.165) is 30.8 Å². The van der Waals surface area contributed by atoms with Gasteiger partial charge in [0, 0.05) is 36.5 Å². The first-order valence-electron chi connectivity index (χ1n) is 8.12. The molecule has 0 atom stereocenters. The number of rotatable bonds is 8. The molecule has 0 aliphatic carbocycles. The number of thiazole rings is 1. The summed E-state index contributed by atoms with van der Waals surface area (Å²) in [4.78, 5) is 16.6. The Morgan fingerprint density at radius 2 is 2.13 bits per heavy atom. The van der Waals surface area contributed by atoms with Crippen molar-refractivity contribution < 1.29 is 4.79 Å². The topological polar surface area (TPSA) is 54.0 Å². The summed E-state index contributed by atoms with van der Waals surface area (Å²) in [5.41, 5.74) is 2.90. The Morgan fingerprint density at radius 1 is 1.30 bits per heavy atom. The lowest BCUT2D eigenvalue weighted by Gasteiger charge is -2.07. The van der Waals surface area contributed by atoms with E-state index in [2.05, 4.69) is 34.8 Å². The van der Waals surface area contributed by atoms with E-state index in [9.17, 15) is 4.79 Å². The van der Waals surface area contributed by atoms with Crippen LogP contribution in [0, 0.1) is 0 Å². The number of nitrogens with one attached hydrogen (secondary N) is 2. The monoisotopic (exact) mass is 331 g/mol. The molecule has 2 aromatic rings. The lowest BCUT2D eigenvalue weighted by molar-refractivity contribution is 0.0953. The highest BCUT2D eigenvalue weighted by atomic mass is 32.1. The van der Waals surface area contributed by atoms with Crippen LogP contribution in [0.1, 0.15) is 59.7 Å². The van der Waals surface area contributed by atoms with E-state index in [0.29, 0.717) is 18.0 Å². The summed E-state index contributed by atoms with van der Waals surface area (Å²) in [6.07, 6.45) is 0.943. The highest BCUT2D eigenvalue weighted by molar-refractivity contribution is 7.09. The highest BCUT2D eigenvalue weighted by Gasteiger charge is 2.07. The molecule has 2 N–H and O–H groups in total. The summed E-state index contributed by atoms with van der Waals surface area (Å²) in [5, 5.41) is 9.58. The van der Waals surface area contributed by atoms with Crippen LogP contribution in [-0.2, 0) is 13.1 Å². The first-order valence-corrected chi connectivity index (χ1v) is 9.00. The van der Waals surface area contributed by atoms with Gasteiger partial charge in [0.15, 0.2) is 0 Å². The predicted molar refractivity (Wildman–Crippen MR) is 95.8 cm³/mol. The number of aromatic nitrogens is 1. The summed E-state index contributed by atoms with van der Waals surface area (Å²) < 4.78 is 0. The number of hydrogen-bond donors (Lipinski definition) is 2. The number of carbonyl (C=O) groups excluding carboxylic acids is 1. The summed E-state index contributed by atoms with van der Waals surface area (Å²) in [6, 6.07) is 7.75. The van der Waals surface area contributed by atoms with Crippen molar-refractivity contribution >= 4 is 17.2 Å². The molecule has 0 aliphatic heterocycles. The maximum Gasteiger partial charge on any atom is 0.251 e. The van der Waals surface area contributed by atoms with Gasteiger partial charge in [-0.2, -0.15) is 0 Å². The molecule has 0 radical (unpaired) electrons. The van der Waals surface area contributed by atoms with Crippen LogP contribution in [-0.4, -0.2) is 17.4 Å². The molecule has 0 saturated heterocycles. The molecule has 1 amide bonds. The fourth-order valence-corrected chi connectivity index (χ4v) is 3.00. The number of carbonyl (C=O) groups is 1. The maximum atomic E-state index is 12.0. The van der Waals surface area contributed by atoms with Crippen LogP contribution in [0.25, 0.3) is 0 Å². The lowest BCUT2D eigenvalue weighted by Crippen LogP contribution is -2.24. The van der Waals surface area contributed by atoms with Crippen molar-refractivity contribution in [3.05, 3.63) is 51.5 Å². The average molecular weight is 331 g/mol. The van der Waals surface area contributed by atoms with E-state index in [1.165, 1.54) is 5.01 Å². The van der Waals surface area contributed by atoms with Crippen molar-refractivity contribution in [1.82, 2.24) is 15.6 Å². The molecule has 1 aromatic heterocycles. The van der Waals surface area contributed by atoms with Crippen molar-refractivity contribution in [3.8, 4) is 0 Å². The van der Waals surface area contributed by atoms with Gasteiger partial charge in [-0.25, -0.2) is 4.98 Å². The molecular formula is C18H25N3OS. The van der Waals surface area contributed by atoms with Gasteiger partial charge in [-0.15, -0.1) is 11.3 Å². The molecule has 0 unspecified atom stereocenters. The fourth-order valence-electron chi connectivity index (χ4n) is 2.17. The average Bonchev–Trinajstić information content (AvgIpc) is 3.02. The Hall–Kier alpha value is -1.72. The van der Waals surface area contributed by atoms with Crippen molar-refractivity contribution in [2.45, 2.75) is 46.2 Å². The van der Waals surface area contributed by atoms with E-state index >= 15 is 0 Å². The Balaban J connectivity index is 1.86. The van der Waals surface area contributed by atoms with Crippen molar-refractivity contribution in [2.24, 2.45) is 0 Å². The third-order valence-electron chi connectivity index (χ3n) is 3.42. The molecule has 0 aliphatic rings. The molecule has 0 fully saturated rings. The van der Waals surface area contributed by atoms with E-state index in [4.69, 9.17) is 0 Å². The molecule has 0 spiro atoms. The SMILES string of the molecule is CCCNC(=O)c1cccc(CNCc2csc(C(C)C)n2)c1. The molecule has 0 bridgehead atoms. The van der Waals surface area contributed by atoms with Gasteiger partial charge in [-0.3, -0.25) is 4.79 Å². The van der Waals surface area contributed by atoms with Gasteiger partial charge in [0.2, 0.25) is 0 Å². The third kappa shape index (κ3) is 5.44. The predicted octanol–water partition coefficient (Wildman–Crippen LogP) is 3.70. The second-order valence-electron chi connectivity index (χ2n) is 5.89. The van der Waals surface area contributed by atoms with Gasteiger partial charge in [0.05, 0.1) is 10.7 Å².